The quantitative estimate of drug-likeness (QED) is 0.864. The molecule has 0 bridgehead atoms. The van der Waals surface area contributed by atoms with E-state index in [0.29, 0.717) is 23.0 Å². The predicted octanol–water partition coefficient (Wildman–Crippen LogP) is 1.51. The second kappa shape index (κ2) is 6.11. The van der Waals surface area contributed by atoms with E-state index in [1.54, 1.807) is 18.2 Å². The summed E-state index contributed by atoms with van der Waals surface area (Å²) in [4.78, 5) is 0.295. The topological polar surface area (TPSA) is 69.6 Å². The van der Waals surface area contributed by atoms with Crippen LogP contribution in [0.4, 0.5) is 5.69 Å². The SMILES string of the molecule is CN(C)S(=O)(=O)c1ccccc1NCC1CCC(O)C1. The molecule has 0 spiro atoms. The van der Waals surface area contributed by atoms with Crippen LogP contribution in [0.1, 0.15) is 19.3 Å². The molecule has 2 N–H and O–H groups in total. The number of aliphatic hydroxyl groups is 1. The van der Waals surface area contributed by atoms with Gasteiger partial charge in [-0.3, -0.25) is 0 Å². The molecule has 2 unspecified atom stereocenters. The maximum absolute atomic E-state index is 12.2. The summed E-state index contributed by atoms with van der Waals surface area (Å²) < 4.78 is 25.7. The Hall–Kier alpha value is -1.11. The van der Waals surface area contributed by atoms with Gasteiger partial charge in [-0.15, -0.1) is 0 Å². The number of hydrogen-bond acceptors (Lipinski definition) is 4. The molecular formula is C14H22N2O3S. The number of nitrogens with one attached hydrogen (secondary N) is 1. The van der Waals surface area contributed by atoms with Crippen molar-refractivity contribution in [3.05, 3.63) is 24.3 Å². The molecule has 0 aliphatic heterocycles. The molecule has 1 saturated carbocycles. The van der Waals surface area contributed by atoms with Gasteiger partial charge in [0.05, 0.1) is 11.8 Å². The third-order valence-electron chi connectivity index (χ3n) is 3.74. The second-order valence-corrected chi connectivity index (χ2v) is 7.62. The summed E-state index contributed by atoms with van der Waals surface area (Å²) in [5, 5.41) is 12.7. The van der Waals surface area contributed by atoms with E-state index >= 15 is 0 Å². The van der Waals surface area contributed by atoms with Gasteiger partial charge in [-0.2, -0.15) is 0 Å². The highest BCUT2D eigenvalue weighted by Gasteiger charge is 2.24. The third kappa shape index (κ3) is 3.31. The van der Waals surface area contributed by atoms with Crippen molar-refractivity contribution in [2.45, 2.75) is 30.3 Å². The van der Waals surface area contributed by atoms with Crippen molar-refractivity contribution in [3.63, 3.8) is 0 Å². The Bertz CT molecular complexity index is 557. The molecule has 0 amide bonds. The first-order valence-corrected chi connectivity index (χ1v) is 8.28. The fourth-order valence-electron chi connectivity index (χ4n) is 2.52. The zero-order valence-electron chi connectivity index (χ0n) is 11.9. The molecule has 6 heteroatoms. The lowest BCUT2D eigenvalue weighted by Gasteiger charge is -2.18. The van der Waals surface area contributed by atoms with E-state index in [0.717, 1.165) is 19.3 Å². The van der Waals surface area contributed by atoms with Crippen molar-refractivity contribution in [1.29, 1.82) is 0 Å². The molecule has 0 heterocycles. The van der Waals surface area contributed by atoms with E-state index in [2.05, 4.69) is 5.32 Å². The number of nitrogens with zero attached hydrogens (tertiary/aromatic N) is 1. The summed E-state index contributed by atoms with van der Waals surface area (Å²) in [5.74, 6) is 0.403. The maximum atomic E-state index is 12.2. The number of anilines is 1. The van der Waals surface area contributed by atoms with Crippen molar-refractivity contribution in [2.75, 3.05) is 26.0 Å². The fourth-order valence-corrected chi connectivity index (χ4v) is 3.58. The van der Waals surface area contributed by atoms with Gasteiger partial charge in [0.2, 0.25) is 10.0 Å². The molecule has 1 aromatic rings. The lowest BCUT2D eigenvalue weighted by molar-refractivity contribution is 0.178. The highest BCUT2D eigenvalue weighted by molar-refractivity contribution is 7.89. The Morgan fingerprint density at radius 2 is 2.00 bits per heavy atom. The minimum Gasteiger partial charge on any atom is -0.393 e. The molecule has 2 atom stereocenters. The third-order valence-corrected chi connectivity index (χ3v) is 5.61. The lowest BCUT2D eigenvalue weighted by Crippen LogP contribution is -2.24. The van der Waals surface area contributed by atoms with E-state index in [-0.39, 0.29) is 6.10 Å². The highest BCUT2D eigenvalue weighted by Crippen LogP contribution is 2.28. The Kier molecular flexibility index (Phi) is 4.67. The molecule has 0 saturated heterocycles. The van der Waals surface area contributed by atoms with E-state index in [1.807, 2.05) is 6.07 Å². The van der Waals surface area contributed by atoms with E-state index < -0.39 is 10.0 Å². The van der Waals surface area contributed by atoms with E-state index in [9.17, 15) is 13.5 Å². The van der Waals surface area contributed by atoms with Gasteiger partial charge in [0, 0.05) is 20.6 Å². The number of hydrogen-bond donors (Lipinski definition) is 2. The normalized spacial score (nSPS) is 23.2. The minimum atomic E-state index is -3.44. The molecule has 20 heavy (non-hydrogen) atoms. The first-order chi connectivity index (χ1) is 9.41. The molecule has 0 aromatic heterocycles. The Balaban J connectivity index is 2.13. The highest BCUT2D eigenvalue weighted by atomic mass is 32.2. The standard InChI is InChI=1S/C14H22N2O3S/c1-16(2)20(18,19)14-6-4-3-5-13(14)15-10-11-7-8-12(17)9-11/h3-6,11-12,15,17H,7-10H2,1-2H3. The van der Waals surface area contributed by atoms with Gasteiger partial charge in [0.1, 0.15) is 4.90 Å². The summed E-state index contributed by atoms with van der Waals surface area (Å²) in [5.41, 5.74) is 0.627. The fraction of sp³-hybridized carbons (Fsp3) is 0.571. The van der Waals surface area contributed by atoms with Crippen molar-refractivity contribution >= 4 is 15.7 Å². The zero-order chi connectivity index (χ0) is 14.8. The van der Waals surface area contributed by atoms with Gasteiger partial charge in [-0.1, -0.05) is 12.1 Å². The summed E-state index contributed by atoms with van der Waals surface area (Å²) in [6.07, 6.45) is 2.40. The van der Waals surface area contributed by atoms with Crippen LogP contribution in [0.2, 0.25) is 0 Å². The average Bonchev–Trinajstić information content (AvgIpc) is 2.82. The Labute approximate surface area is 120 Å². The number of benzene rings is 1. The van der Waals surface area contributed by atoms with Crippen LogP contribution >= 0.6 is 0 Å². The lowest BCUT2D eigenvalue weighted by atomic mass is 10.1. The molecule has 0 radical (unpaired) electrons. The molecule has 2 rings (SSSR count). The Morgan fingerprint density at radius 3 is 2.60 bits per heavy atom. The van der Waals surface area contributed by atoms with Crippen LogP contribution in [-0.2, 0) is 10.0 Å². The van der Waals surface area contributed by atoms with Crippen molar-refractivity contribution in [1.82, 2.24) is 4.31 Å². The second-order valence-electron chi connectivity index (χ2n) is 5.50. The van der Waals surface area contributed by atoms with Gasteiger partial charge in [-0.25, -0.2) is 12.7 Å². The van der Waals surface area contributed by atoms with Crippen LogP contribution in [0.15, 0.2) is 29.2 Å². The van der Waals surface area contributed by atoms with E-state index in [1.165, 1.54) is 18.4 Å². The van der Waals surface area contributed by atoms with Crippen molar-refractivity contribution in [3.8, 4) is 0 Å². The van der Waals surface area contributed by atoms with Crippen LogP contribution in [0, 0.1) is 5.92 Å². The number of rotatable bonds is 5. The van der Waals surface area contributed by atoms with Crippen molar-refractivity contribution < 1.29 is 13.5 Å². The van der Waals surface area contributed by atoms with Crippen LogP contribution in [-0.4, -0.2) is 44.6 Å². The number of para-hydroxylation sites is 1. The summed E-state index contributed by atoms with van der Waals surface area (Å²) >= 11 is 0. The van der Waals surface area contributed by atoms with E-state index in [4.69, 9.17) is 0 Å². The summed E-state index contributed by atoms with van der Waals surface area (Å²) in [7, 11) is -0.388. The first-order valence-electron chi connectivity index (χ1n) is 6.84. The van der Waals surface area contributed by atoms with Crippen LogP contribution in [0.25, 0.3) is 0 Å². The monoisotopic (exact) mass is 298 g/mol. The van der Waals surface area contributed by atoms with Gasteiger partial charge < -0.3 is 10.4 Å². The first kappa shape index (κ1) is 15.3. The van der Waals surface area contributed by atoms with Crippen LogP contribution in [0.3, 0.4) is 0 Å². The minimum absolute atomic E-state index is 0.206. The molecule has 112 valence electrons. The Morgan fingerprint density at radius 1 is 1.30 bits per heavy atom. The predicted molar refractivity (Wildman–Crippen MR) is 79.2 cm³/mol. The molecule has 1 fully saturated rings. The van der Waals surface area contributed by atoms with Crippen molar-refractivity contribution in [2.24, 2.45) is 5.92 Å². The average molecular weight is 298 g/mol. The summed E-state index contributed by atoms with van der Waals surface area (Å²) in [6.45, 7) is 0.691. The molecule has 1 aliphatic rings. The van der Waals surface area contributed by atoms with Crippen LogP contribution in [0.5, 0.6) is 0 Å². The van der Waals surface area contributed by atoms with Gasteiger partial charge in [-0.05, 0) is 37.3 Å². The molecule has 1 aromatic carbocycles. The largest absolute Gasteiger partial charge is 0.393 e. The zero-order valence-corrected chi connectivity index (χ0v) is 12.7. The van der Waals surface area contributed by atoms with Gasteiger partial charge in [0.15, 0.2) is 0 Å². The molecule has 5 nitrogen and oxygen atoms in total. The summed E-state index contributed by atoms with van der Waals surface area (Å²) in [6, 6.07) is 6.93. The molecular weight excluding hydrogens is 276 g/mol. The van der Waals surface area contributed by atoms with Gasteiger partial charge in [0.25, 0.3) is 0 Å². The number of sulfonamides is 1. The van der Waals surface area contributed by atoms with Crippen LogP contribution < -0.4 is 5.32 Å². The number of aliphatic hydroxyl groups excluding tert-OH is 1. The maximum Gasteiger partial charge on any atom is 0.244 e. The smallest absolute Gasteiger partial charge is 0.244 e. The van der Waals surface area contributed by atoms with Gasteiger partial charge >= 0.3 is 0 Å². The molecule has 1 aliphatic carbocycles.